The van der Waals surface area contributed by atoms with E-state index in [9.17, 15) is 15.0 Å². The lowest BCUT2D eigenvalue weighted by Crippen LogP contribution is -2.54. The summed E-state index contributed by atoms with van der Waals surface area (Å²) in [5, 5.41) is 19.6. The summed E-state index contributed by atoms with van der Waals surface area (Å²) >= 11 is 0. The number of aliphatic hydroxyl groups is 2. The number of aliphatic hydroxyl groups excluding tert-OH is 2. The van der Waals surface area contributed by atoms with Crippen molar-refractivity contribution in [1.82, 2.24) is 0 Å². The number of ketones is 1. The van der Waals surface area contributed by atoms with Crippen LogP contribution in [0.25, 0.3) is 0 Å². The van der Waals surface area contributed by atoms with Crippen LogP contribution in [0.4, 0.5) is 0 Å². The van der Waals surface area contributed by atoms with Crippen molar-refractivity contribution < 1.29 is 15.0 Å². The van der Waals surface area contributed by atoms with E-state index in [1.165, 1.54) is 5.57 Å². The SMILES string of the molecule is CC1(C)C(=O)CC[C@]2(C)[C@H]3CC[C@@](C)([C@H](O)CO)C=C3CC[C@@H]12. The Hall–Kier alpha value is -0.670. The van der Waals surface area contributed by atoms with Crippen LogP contribution in [0.15, 0.2) is 11.6 Å². The van der Waals surface area contributed by atoms with Gasteiger partial charge >= 0.3 is 0 Å². The molecule has 3 rings (SSSR count). The molecular formula is C20H32O3. The molecule has 2 saturated carbocycles. The molecular weight excluding hydrogens is 288 g/mol. The second kappa shape index (κ2) is 5.42. The van der Waals surface area contributed by atoms with Crippen LogP contribution in [0.3, 0.4) is 0 Å². The molecule has 130 valence electrons. The largest absolute Gasteiger partial charge is 0.394 e. The van der Waals surface area contributed by atoms with Crippen LogP contribution in [0.2, 0.25) is 0 Å². The maximum absolute atomic E-state index is 12.4. The van der Waals surface area contributed by atoms with Crippen molar-refractivity contribution in [3.63, 3.8) is 0 Å². The van der Waals surface area contributed by atoms with Gasteiger partial charge in [0.2, 0.25) is 0 Å². The molecule has 0 spiro atoms. The fourth-order valence-corrected chi connectivity index (χ4v) is 6.02. The number of rotatable bonds is 2. The number of carbonyl (C=O) groups is 1. The van der Waals surface area contributed by atoms with E-state index >= 15 is 0 Å². The second-order valence-corrected chi connectivity index (χ2v) is 9.26. The smallest absolute Gasteiger partial charge is 0.138 e. The number of carbonyl (C=O) groups excluding carboxylic acids is 1. The van der Waals surface area contributed by atoms with E-state index in [1.807, 2.05) is 0 Å². The molecule has 0 aromatic heterocycles. The van der Waals surface area contributed by atoms with E-state index in [0.717, 1.165) is 32.1 Å². The van der Waals surface area contributed by atoms with Gasteiger partial charge in [0.1, 0.15) is 5.78 Å². The lowest BCUT2D eigenvalue weighted by molar-refractivity contribution is -0.145. The van der Waals surface area contributed by atoms with Gasteiger partial charge in [0.15, 0.2) is 0 Å². The fourth-order valence-electron chi connectivity index (χ4n) is 6.02. The third kappa shape index (κ3) is 2.42. The number of hydrogen-bond acceptors (Lipinski definition) is 3. The molecule has 5 atom stereocenters. The highest BCUT2D eigenvalue weighted by Crippen LogP contribution is 2.63. The quantitative estimate of drug-likeness (QED) is 0.766. The predicted molar refractivity (Wildman–Crippen MR) is 90.9 cm³/mol. The van der Waals surface area contributed by atoms with Gasteiger partial charge in [-0.25, -0.2) is 0 Å². The van der Waals surface area contributed by atoms with Crippen molar-refractivity contribution in [3.8, 4) is 0 Å². The third-order valence-corrected chi connectivity index (χ3v) is 7.66. The van der Waals surface area contributed by atoms with Gasteiger partial charge in [-0.1, -0.05) is 39.3 Å². The molecule has 2 N–H and O–H groups in total. The lowest BCUT2D eigenvalue weighted by Gasteiger charge is -2.59. The molecule has 0 radical (unpaired) electrons. The van der Waals surface area contributed by atoms with Gasteiger partial charge in [0, 0.05) is 17.3 Å². The summed E-state index contributed by atoms with van der Waals surface area (Å²) in [6.45, 7) is 8.59. The normalized spacial score (nSPS) is 44.1. The minimum atomic E-state index is -0.675. The van der Waals surface area contributed by atoms with Crippen molar-refractivity contribution in [2.24, 2.45) is 28.1 Å². The maximum atomic E-state index is 12.4. The van der Waals surface area contributed by atoms with E-state index in [0.29, 0.717) is 24.0 Å². The maximum Gasteiger partial charge on any atom is 0.138 e. The molecule has 0 unspecified atom stereocenters. The molecule has 3 aliphatic rings. The van der Waals surface area contributed by atoms with E-state index in [4.69, 9.17) is 0 Å². The van der Waals surface area contributed by atoms with E-state index in [2.05, 4.69) is 33.8 Å². The summed E-state index contributed by atoms with van der Waals surface area (Å²) in [5.74, 6) is 1.43. The first-order chi connectivity index (χ1) is 10.6. The van der Waals surface area contributed by atoms with Crippen molar-refractivity contribution in [3.05, 3.63) is 11.6 Å². The Kier molecular flexibility index (Phi) is 4.04. The summed E-state index contributed by atoms with van der Waals surface area (Å²) in [4.78, 5) is 12.4. The van der Waals surface area contributed by atoms with Crippen LogP contribution in [-0.2, 0) is 4.79 Å². The van der Waals surface area contributed by atoms with Crippen molar-refractivity contribution in [2.45, 2.75) is 72.3 Å². The van der Waals surface area contributed by atoms with Gasteiger partial charge in [0.25, 0.3) is 0 Å². The van der Waals surface area contributed by atoms with E-state index < -0.39 is 6.10 Å². The lowest BCUT2D eigenvalue weighted by atomic mass is 9.45. The minimum absolute atomic E-state index is 0.174. The molecule has 0 heterocycles. The topological polar surface area (TPSA) is 57.5 Å². The van der Waals surface area contributed by atoms with Crippen molar-refractivity contribution in [1.29, 1.82) is 0 Å². The highest BCUT2D eigenvalue weighted by atomic mass is 16.3. The average molecular weight is 320 g/mol. The number of Topliss-reactive ketones (excluding diaryl/α,β-unsaturated/α-hetero) is 1. The minimum Gasteiger partial charge on any atom is -0.394 e. The zero-order chi connectivity index (χ0) is 17.0. The van der Waals surface area contributed by atoms with E-state index in [-0.39, 0.29) is 22.9 Å². The summed E-state index contributed by atoms with van der Waals surface area (Å²) in [5.41, 5.74) is 1.16. The zero-order valence-corrected chi connectivity index (χ0v) is 15.1. The van der Waals surface area contributed by atoms with Gasteiger partial charge in [-0.15, -0.1) is 0 Å². The number of hydrogen-bond donors (Lipinski definition) is 2. The monoisotopic (exact) mass is 320 g/mol. The molecule has 0 aromatic carbocycles. The molecule has 2 fully saturated rings. The Morgan fingerprint density at radius 3 is 2.52 bits per heavy atom. The zero-order valence-electron chi connectivity index (χ0n) is 15.1. The Labute approximate surface area is 140 Å². The van der Waals surface area contributed by atoms with Gasteiger partial charge in [-0.3, -0.25) is 4.79 Å². The molecule has 23 heavy (non-hydrogen) atoms. The Bertz CT molecular complexity index is 535. The Balaban J connectivity index is 1.95. The van der Waals surface area contributed by atoms with Gasteiger partial charge < -0.3 is 10.2 Å². The molecule has 3 nitrogen and oxygen atoms in total. The van der Waals surface area contributed by atoms with Gasteiger partial charge in [-0.05, 0) is 49.4 Å². The molecule has 0 saturated heterocycles. The second-order valence-electron chi connectivity index (χ2n) is 9.26. The van der Waals surface area contributed by atoms with E-state index in [1.54, 1.807) is 0 Å². The third-order valence-electron chi connectivity index (χ3n) is 7.66. The molecule has 3 aliphatic carbocycles. The summed E-state index contributed by atoms with van der Waals surface area (Å²) in [6.07, 6.45) is 7.40. The van der Waals surface area contributed by atoms with Gasteiger partial charge in [0.05, 0.1) is 12.7 Å². The molecule has 0 aromatic rings. The fraction of sp³-hybridized carbons (Fsp3) is 0.850. The molecule has 3 heteroatoms. The Morgan fingerprint density at radius 1 is 1.17 bits per heavy atom. The highest BCUT2D eigenvalue weighted by molar-refractivity contribution is 5.85. The summed E-state index contributed by atoms with van der Waals surface area (Å²) < 4.78 is 0. The Morgan fingerprint density at radius 2 is 1.87 bits per heavy atom. The first-order valence-corrected chi connectivity index (χ1v) is 9.19. The summed E-state index contributed by atoms with van der Waals surface area (Å²) in [6, 6.07) is 0. The van der Waals surface area contributed by atoms with Crippen LogP contribution in [-0.4, -0.2) is 28.7 Å². The average Bonchev–Trinajstić information content (AvgIpc) is 2.50. The van der Waals surface area contributed by atoms with Crippen LogP contribution in [0, 0.1) is 28.1 Å². The standard InChI is InChI=1S/C20H32O3/c1-18(2)15-6-5-13-11-19(3,17(23)12-21)9-7-14(13)20(15,4)10-8-16(18)22/h11,14-15,17,21,23H,5-10,12H2,1-4H3/t14-,15-,17+,19+,20+/m0/s1. The predicted octanol–water partition coefficient (Wildman–Crippen LogP) is 3.49. The first-order valence-electron chi connectivity index (χ1n) is 9.19. The van der Waals surface area contributed by atoms with Crippen molar-refractivity contribution in [2.75, 3.05) is 6.61 Å². The van der Waals surface area contributed by atoms with Gasteiger partial charge in [-0.2, -0.15) is 0 Å². The molecule has 0 bridgehead atoms. The van der Waals surface area contributed by atoms with Crippen LogP contribution < -0.4 is 0 Å². The van der Waals surface area contributed by atoms with Crippen LogP contribution in [0.5, 0.6) is 0 Å². The van der Waals surface area contributed by atoms with Crippen molar-refractivity contribution >= 4 is 5.78 Å². The molecule has 0 amide bonds. The number of fused-ring (bicyclic) bond motifs is 3. The molecule has 0 aliphatic heterocycles. The number of allylic oxidation sites excluding steroid dienone is 1. The van der Waals surface area contributed by atoms with Crippen LogP contribution in [0.1, 0.15) is 66.2 Å². The highest BCUT2D eigenvalue weighted by Gasteiger charge is 2.57. The summed E-state index contributed by atoms with van der Waals surface area (Å²) in [7, 11) is 0. The first kappa shape index (κ1) is 17.2. The van der Waals surface area contributed by atoms with Crippen LogP contribution >= 0.6 is 0 Å².